The molecule has 150 valence electrons. The van der Waals surface area contributed by atoms with Crippen molar-refractivity contribution in [2.75, 3.05) is 4.90 Å². The van der Waals surface area contributed by atoms with Crippen molar-refractivity contribution < 1.29 is 13.6 Å². The van der Waals surface area contributed by atoms with Crippen LogP contribution in [0.1, 0.15) is 45.2 Å². The van der Waals surface area contributed by atoms with Gasteiger partial charge in [-0.3, -0.25) is 14.5 Å². The van der Waals surface area contributed by atoms with E-state index in [0.29, 0.717) is 22.5 Å². The predicted octanol–water partition coefficient (Wildman–Crippen LogP) is 4.40. The van der Waals surface area contributed by atoms with Crippen LogP contribution >= 0.6 is 11.3 Å². The summed E-state index contributed by atoms with van der Waals surface area (Å²) in [6, 6.07) is 10.3. The van der Waals surface area contributed by atoms with Crippen LogP contribution in [0.4, 0.5) is 9.52 Å². The fraction of sp³-hybridized carbons (Fsp3) is 0.182. The van der Waals surface area contributed by atoms with Crippen molar-refractivity contribution in [3.8, 4) is 0 Å². The summed E-state index contributed by atoms with van der Waals surface area (Å²) < 4.78 is 20.7. The molecule has 2 aromatic carbocycles. The minimum atomic E-state index is -0.979. The van der Waals surface area contributed by atoms with Crippen LogP contribution in [0.15, 0.2) is 51.7 Å². The molecule has 0 aliphatic carbocycles. The van der Waals surface area contributed by atoms with Gasteiger partial charge in [-0.15, -0.1) is 10.2 Å². The number of aromatic nitrogens is 2. The second-order valence-corrected chi connectivity index (χ2v) is 8.15. The quantitative estimate of drug-likeness (QED) is 0.490. The van der Waals surface area contributed by atoms with Crippen molar-refractivity contribution in [3.05, 3.63) is 86.0 Å². The van der Waals surface area contributed by atoms with E-state index in [2.05, 4.69) is 10.2 Å². The lowest BCUT2D eigenvalue weighted by Crippen LogP contribution is -2.30. The fourth-order valence-corrected chi connectivity index (χ4v) is 4.57. The van der Waals surface area contributed by atoms with E-state index in [1.165, 1.54) is 22.3 Å². The van der Waals surface area contributed by atoms with E-state index in [0.717, 1.165) is 10.6 Å². The number of amides is 1. The predicted molar refractivity (Wildman–Crippen MR) is 112 cm³/mol. The first-order valence-corrected chi connectivity index (χ1v) is 10.3. The van der Waals surface area contributed by atoms with Crippen LogP contribution in [0.25, 0.3) is 11.0 Å². The van der Waals surface area contributed by atoms with Crippen molar-refractivity contribution in [3.63, 3.8) is 0 Å². The first kappa shape index (κ1) is 18.6. The highest BCUT2D eigenvalue weighted by molar-refractivity contribution is 7.15. The Morgan fingerprint density at radius 2 is 1.97 bits per heavy atom. The van der Waals surface area contributed by atoms with Crippen LogP contribution in [0.3, 0.4) is 0 Å². The van der Waals surface area contributed by atoms with E-state index in [1.54, 1.807) is 30.3 Å². The number of carbonyl (C=O) groups excluding carboxylic acids is 1. The van der Waals surface area contributed by atoms with Gasteiger partial charge in [0.05, 0.1) is 10.9 Å². The molecule has 0 spiro atoms. The van der Waals surface area contributed by atoms with Crippen LogP contribution in [0.5, 0.6) is 0 Å². The number of halogens is 1. The van der Waals surface area contributed by atoms with Crippen LogP contribution in [0.2, 0.25) is 0 Å². The number of carbonyl (C=O) groups is 1. The van der Waals surface area contributed by atoms with Gasteiger partial charge in [0.15, 0.2) is 5.43 Å². The van der Waals surface area contributed by atoms with Gasteiger partial charge in [-0.2, -0.15) is 0 Å². The molecule has 1 atom stereocenters. The van der Waals surface area contributed by atoms with E-state index in [-0.39, 0.29) is 22.3 Å². The third kappa shape index (κ3) is 2.68. The standard InChI is InChI=1S/C22H16FN3O3S/c1-3-16-24-25-22(30-16)26-18(12-6-4-5-7-14(12)23)17-19(27)13-10-11(2)8-9-15(13)29-20(17)21(26)28/h4-10,18H,3H2,1-2H3/t18-/m1/s1. The molecule has 0 saturated heterocycles. The number of fused-ring (bicyclic) bond motifs is 2. The van der Waals surface area contributed by atoms with Crippen LogP contribution in [-0.2, 0) is 6.42 Å². The Bertz CT molecular complexity index is 1380. The highest BCUT2D eigenvalue weighted by Crippen LogP contribution is 2.42. The Morgan fingerprint density at radius 3 is 2.70 bits per heavy atom. The van der Waals surface area contributed by atoms with E-state index in [4.69, 9.17) is 4.42 Å². The van der Waals surface area contributed by atoms with Crippen molar-refractivity contribution >= 4 is 33.3 Å². The largest absolute Gasteiger partial charge is 0.450 e. The first-order chi connectivity index (χ1) is 14.5. The first-order valence-electron chi connectivity index (χ1n) is 9.47. The Morgan fingerprint density at radius 1 is 1.17 bits per heavy atom. The summed E-state index contributed by atoms with van der Waals surface area (Å²) in [5.74, 6) is -1.13. The molecule has 0 bridgehead atoms. The Kier molecular flexibility index (Phi) is 4.25. The number of rotatable bonds is 3. The van der Waals surface area contributed by atoms with Gasteiger partial charge in [-0.25, -0.2) is 4.39 Å². The lowest BCUT2D eigenvalue weighted by Gasteiger charge is -2.22. The summed E-state index contributed by atoms with van der Waals surface area (Å²) >= 11 is 1.24. The van der Waals surface area contributed by atoms with E-state index in [9.17, 15) is 14.0 Å². The van der Waals surface area contributed by atoms with Gasteiger partial charge in [0.2, 0.25) is 10.9 Å². The van der Waals surface area contributed by atoms with E-state index < -0.39 is 17.8 Å². The van der Waals surface area contributed by atoms with Crippen LogP contribution in [-0.4, -0.2) is 16.1 Å². The molecule has 2 aromatic heterocycles. The van der Waals surface area contributed by atoms with Crippen molar-refractivity contribution in [1.29, 1.82) is 0 Å². The third-order valence-corrected chi connectivity index (χ3v) is 6.26. The lowest BCUT2D eigenvalue weighted by atomic mass is 9.98. The molecule has 0 radical (unpaired) electrons. The fourth-order valence-electron chi connectivity index (χ4n) is 3.76. The SMILES string of the molecule is CCc1nnc(N2C(=O)c3oc4ccc(C)cc4c(=O)c3[C@H]2c2ccccc2F)s1. The maximum absolute atomic E-state index is 14.8. The molecular weight excluding hydrogens is 405 g/mol. The Labute approximate surface area is 174 Å². The minimum Gasteiger partial charge on any atom is -0.450 e. The molecule has 5 rings (SSSR count). The smallest absolute Gasteiger partial charge is 0.297 e. The number of nitrogens with zero attached hydrogens (tertiary/aromatic N) is 3. The highest BCUT2D eigenvalue weighted by Gasteiger charge is 2.46. The molecule has 3 heterocycles. The van der Waals surface area contributed by atoms with Gasteiger partial charge < -0.3 is 4.42 Å². The second-order valence-electron chi connectivity index (χ2n) is 7.10. The zero-order valence-corrected chi connectivity index (χ0v) is 17.0. The average Bonchev–Trinajstić information content (AvgIpc) is 3.32. The van der Waals surface area contributed by atoms with Crippen molar-refractivity contribution in [1.82, 2.24) is 10.2 Å². The molecule has 6 nitrogen and oxygen atoms in total. The zero-order valence-electron chi connectivity index (χ0n) is 16.2. The molecule has 8 heteroatoms. The summed E-state index contributed by atoms with van der Waals surface area (Å²) in [7, 11) is 0. The number of aryl methyl sites for hydroxylation is 2. The van der Waals surface area contributed by atoms with Crippen LogP contribution < -0.4 is 10.3 Å². The van der Waals surface area contributed by atoms with Gasteiger partial charge in [0.1, 0.15) is 22.4 Å². The number of hydrogen-bond donors (Lipinski definition) is 0. The number of benzene rings is 2. The van der Waals surface area contributed by atoms with Crippen LogP contribution in [0, 0.1) is 12.7 Å². The average molecular weight is 421 g/mol. The maximum Gasteiger partial charge on any atom is 0.297 e. The second kappa shape index (κ2) is 6.84. The monoisotopic (exact) mass is 421 g/mol. The summed E-state index contributed by atoms with van der Waals surface area (Å²) in [6.07, 6.45) is 0.650. The molecule has 1 amide bonds. The molecule has 1 aliphatic heterocycles. The summed E-state index contributed by atoms with van der Waals surface area (Å²) in [5.41, 5.74) is 1.18. The molecule has 4 aromatic rings. The molecule has 0 N–H and O–H groups in total. The van der Waals surface area contributed by atoms with Gasteiger partial charge >= 0.3 is 0 Å². The molecule has 0 saturated carbocycles. The highest BCUT2D eigenvalue weighted by atomic mass is 32.1. The summed E-state index contributed by atoms with van der Waals surface area (Å²) in [6.45, 7) is 3.80. The van der Waals surface area contributed by atoms with Crippen molar-refractivity contribution in [2.45, 2.75) is 26.3 Å². The van der Waals surface area contributed by atoms with Gasteiger partial charge in [0, 0.05) is 5.56 Å². The Balaban J connectivity index is 1.83. The van der Waals surface area contributed by atoms with E-state index in [1.807, 2.05) is 19.9 Å². The summed E-state index contributed by atoms with van der Waals surface area (Å²) in [4.78, 5) is 28.1. The van der Waals surface area contributed by atoms with Gasteiger partial charge in [0.25, 0.3) is 5.91 Å². The minimum absolute atomic E-state index is 0.0853. The molecule has 0 fully saturated rings. The zero-order chi connectivity index (χ0) is 21.0. The molecule has 1 aliphatic rings. The van der Waals surface area contributed by atoms with Gasteiger partial charge in [-0.1, -0.05) is 48.1 Å². The normalized spacial score (nSPS) is 15.8. The maximum atomic E-state index is 14.8. The number of hydrogen-bond acceptors (Lipinski definition) is 6. The molecule has 30 heavy (non-hydrogen) atoms. The number of anilines is 1. The third-order valence-electron chi connectivity index (χ3n) is 5.19. The molecule has 0 unspecified atom stereocenters. The summed E-state index contributed by atoms with van der Waals surface area (Å²) in [5, 5.41) is 9.61. The van der Waals surface area contributed by atoms with Crippen molar-refractivity contribution in [2.24, 2.45) is 0 Å². The van der Waals surface area contributed by atoms with E-state index >= 15 is 0 Å². The lowest BCUT2D eigenvalue weighted by molar-refractivity contribution is 0.0970. The molecular formula is C22H16FN3O3S. The Hall–Kier alpha value is -3.39. The van der Waals surface area contributed by atoms with Gasteiger partial charge in [-0.05, 0) is 31.5 Å². The topological polar surface area (TPSA) is 76.3 Å².